The molecule has 0 aromatic rings. The Labute approximate surface area is 355 Å². The number of nitrogens with zero attached hydrogens (tertiary/aromatic N) is 2. The lowest BCUT2D eigenvalue weighted by atomic mass is 10.1. The van der Waals surface area contributed by atoms with Crippen LogP contribution in [0.5, 0.6) is 0 Å². The fourth-order valence-corrected chi connectivity index (χ4v) is 7.61. The van der Waals surface area contributed by atoms with Gasteiger partial charge >= 0.3 is 0 Å². The molecule has 0 radical (unpaired) electrons. The Kier molecular flexibility index (Phi) is 44.1. The van der Waals surface area contributed by atoms with Crippen LogP contribution in [-0.4, -0.2) is 86.4 Å². The van der Waals surface area contributed by atoms with Crippen molar-refractivity contribution in [2.45, 2.75) is 240 Å². The zero-order valence-corrected chi connectivity index (χ0v) is 38.8. The number of unbranched alkanes of at least 4 members (excludes halogenated alkanes) is 27. The smallest absolute Gasteiger partial charge is 0.221 e. The first-order valence-electron chi connectivity index (χ1n) is 25.2. The van der Waals surface area contributed by atoms with Crippen molar-refractivity contribution in [2.75, 3.05) is 58.9 Å². The molecule has 0 rings (SSSR count). The highest BCUT2D eigenvalue weighted by molar-refractivity contribution is 5.77. The third-order valence-electron chi connectivity index (χ3n) is 11.7. The predicted molar refractivity (Wildman–Crippen MR) is 247 cm³/mol. The van der Waals surface area contributed by atoms with Crippen molar-refractivity contribution in [3.05, 3.63) is 0 Å². The van der Waals surface area contributed by atoms with Crippen LogP contribution < -0.4 is 16.0 Å². The predicted octanol–water partition coefficient (Wildman–Crippen LogP) is 11.9. The van der Waals surface area contributed by atoms with Gasteiger partial charge in [-0.3, -0.25) is 14.4 Å². The van der Waals surface area contributed by atoms with Gasteiger partial charge < -0.3 is 25.8 Å². The number of rotatable bonds is 46. The number of nitrogens with one attached hydrogen (secondary N) is 3. The van der Waals surface area contributed by atoms with E-state index in [0.717, 1.165) is 65.1 Å². The Bertz CT molecular complexity index is 830. The Morgan fingerprint density at radius 3 is 0.789 bits per heavy atom. The minimum atomic E-state index is 0.104. The summed E-state index contributed by atoms with van der Waals surface area (Å²) in [7, 11) is 0. The van der Waals surface area contributed by atoms with Gasteiger partial charge in [-0.2, -0.15) is 0 Å². The zero-order chi connectivity index (χ0) is 41.7. The molecule has 0 aliphatic rings. The van der Waals surface area contributed by atoms with E-state index in [9.17, 15) is 14.4 Å². The molecule has 0 fully saturated rings. The summed E-state index contributed by atoms with van der Waals surface area (Å²) in [6.07, 6.45) is 40.2. The number of amides is 3. The Morgan fingerprint density at radius 1 is 0.298 bits per heavy atom. The summed E-state index contributed by atoms with van der Waals surface area (Å²) in [6.45, 7) is 15.7. The van der Waals surface area contributed by atoms with Crippen molar-refractivity contribution in [3.8, 4) is 0 Å². The highest BCUT2D eigenvalue weighted by atomic mass is 16.2. The summed E-state index contributed by atoms with van der Waals surface area (Å²) in [6, 6.07) is 0. The summed E-state index contributed by atoms with van der Waals surface area (Å²) in [5, 5.41) is 9.42. The number of carbonyl (C=O) groups is 3. The van der Waals surface area contributed by atoms with Gasteiger partial charge in [-0.05, 0) is 25.8 Å². The third-order valence-corrected chi connectivity index (χ3v) is 11.7. The Morgan fingerprint density at radius 2 is 0.526 bits per heavy atom. The molecule has 0 aliphatic heterocycles. The van der Waals surface area contributed by atoms with Crippen LogP contribution in [0, 0.1) is 0 Å². The van der Waals surface area contributed by atoms with Crippen LogP contribution in [0.1, 0.15) is 240 Å². The second-order valence-corrected chi connectivity index (χ2v) is 17.1. The quantitative estimate of drug-likeness (QED) is 0.0533. The zero-order valence-electron chi connectivity index (χ0n) is 38.8. The van der Waals surface area contributed by atoms with Gasteiger partial charge in [0.05, 0.1) is 0 Å². The third kappa shape index (κ3) is 42.3. The number of carbonyl (C=O) groups excluding carboxylic acids is 3. The molecule has 57 heavy (non-hydrogen) atoms. The van der Waals surface area contributed by atoms with Gasteiger partial charge in [0, 0.05) is 71.6 Å². The molecule has 0 saturated heterocycles. The van der Waals surface area contributed by atoms with Crippen molar-refractivity contribution >= 4 is 17.7 Å². The van der Waals surface area contributed by atoms with Crippen LogP contribution in [0.25, 0.3) is 0 Å². The van der Waals surface area contributed by atoms with E-state index in [1.165, 1.54) is 173 Å². The van der Waals surface area contributed by atoms with E-state index < -0.39 is 0 Å². The number of hydrogen-bond acceptors (Lipinski definition) is 5. The second-order valence-electron chi connectivity index (χ2n) is 17.1. The average molecular weight is 806 g/mol. The molecule has 0 unspecified atom stereocenters. The van der Waals surface area contributed by atoms with Crippen LogP contribution in [0.2, 0.25) is 0 Å². The first-order valence-corrected chi connectivity index (χ1v) is 25.2. The van der Waals surface area contributed by atoms with E-state index >= 15 is 0 Å². The lowest BCUT2D eigenvalue weighted by molar-refractivity contribution is -0.122. The largest absolute Gasteiger partial charge is 0.356 e. The topological polar surface area (TPSA) is 93.8 Å². The molecular weight excluding hydrogens is 707 g/mol. The van der Waals surface area contributed by atoms with Gasteiger partial charge in [0.15, 0.2) is 0 Å². The first-order chi connectivity index (χ1) is 28.0. The highest BCUT2D eigenvalue weighted by Gasteiger charge is 2.14. The summed E-state index contributed by atoms with van der Waals surface area (Å²) >= 11 is 0. The van der Waals surface area contributed by atoms with Gasteiger partial charge in [0.1, 0.15) is 0 Å². The maximum Gasteiger partial charge on any atom is 0.221 e. The molecule has 3 N–H and O–H groups in total. The SMILES string of the molecule is CCCCCCCCCCCCNC(=O)CCN(CC)CCN(CCC(=O)NCCCCCCCCCCCC)CCC(=O)NCCCCCCCCCCCC. The van der Waals surface area contributed by atoms with Gasteiger partial charge in [0.2, 0.25) is 17.7 Å². The van der Waals surface area contributed by atoms with Crippen LogP contribution in [-0.2, 0) is 14.4 Å². The van der Waals surface area contributed by atoms with Crippen molar-refractivity contribution in [1.82, 2.24) is 25.8 Å². The standard InChI is InChI=1S/C49H99N5O3/c1-5-9-12-15-18-21-24-27-30-33-39-50-47(55)36-42-53(8-4)45-46-54(43-37-48(56)51-40-34-31-28-25-22-19-16-13-10-6-2)44-38-49(57)52-41-35-32-29-26-23-20-17-14-11-7-3/h5-46H2,1-4H3,(H,50,55)(H,51,56)(H,52,57). The molecule has 8 heteroatoms. The maximum absolute atomic E-state index is 12.8. The lowest BCUT2D eigenvalue weighted by Gasteiger charge is -2.27. The second kappa shape index (κ2) is 45.4. The van der Waals surface area contributed by atoms with E-state index in [1.54, 1.807) is 0 Å². The number of likely N-dealkylation sites (N-methyl/N-ethyl adjacent to an activating group) is 1. The highest BCUT2D eigenvalue weighted by Crippen LogP contribution is 2.12. The summed E-state index contributed by atoms with van der Waals surface area (Å²) in [4.78, 5) is 42.8. The molecule has 3 amide bonds. The molecule has 0 bridgehead atoms. The Balaban J connectivity index is 4.51. The Hall–Kier alpha value is -1.67. The first kappa shape index (κ1) is 55.3. The normalized spacial score (nSPS) is 11.5. The van der Waals surface area contributed by atoms with Crippen molar-refractivity contribution in [1.29, 1.82) is 0 Å². The molecule has 0 aliphatic carbocycles. The molecule has 0 saturated carbocycles. The average Bonchev–Trinajstić information content (AvgIpc) is 3.21. The van der Waals surface area contributed by atoms with Crippen LogP contribution in [0.3, 0.4) is 0 Å². The molecule has 8 nitrogen and oxygen atoms in total. The number of hydrogen-bond donors (Lipinski definition) is 3. The molecule has 0 aromatic heterocycles. The van der Waals surface area contributed by atoms with E-state index in [1.807, 2.05) is 0 Å². The van der Waals surface area contributed by atoms with Crippen molar-refractivity contribution in [2.24, 2.45) is 0 Å². The van der Waals surface area contributed by atoms with E-state index in [2.05, 4.69) is 53.4 Å². The van der Waals surface area contributed by atoms with Gasteiger partial charge in [-0.15, -0.1) is 0 Å². The lowest BCUT2D eigenvalue weighted by Crippen LogP contribution is -2.40. The van der Waals surface area contributed by atoms with Gasteiger partial charge in [-0.25, -0.2) is 0 Å². The van der Waals surface area contributed by atoms with Crippen molar-refractivity contribution in [3.63, 3.8) is 0 Å². The molecule has 0 spiro atoms. The minimum absolute atomic E-state index is 0.104. The minimum Gasteiger partial charge on any atom is -0.356 e. The van der Waals surface area contributed by atoms with Crippen molar-refractivity contribution < 1.29 is 14.4 Å². The van der Waals surface area contributed by atoms with Crippen LogP contribution in [0.4, 0.5) is 0 Å². The van der Waals surface area contributed by atoms with Crippen LogP contribution in [0.15, 0.2) is 0 Å². The van der Waals surface area contributed by atoms with E-state index in [-0.39, 0.29) is 17.7 Å². The van der Waals surface area contributed by atoms with Gasteiger partial charge in [-0.1, -0.05) is 201 Å². The molecule has 0 heterocycles. The molecule has 0 aromatic carbocycles. The van der Waals surface area contributed by atoms with Crippen LogP contribution >= 0.6 is 0 Å². The maximum atomic E-state index is 12.8. The fourth-order valence-electron chi connectivity index (χ4n) is 7.61. The van der Waals surface area contributed by atoms with Gasteiger partial charge in [0.25, 0.3) is 0 Å². The fraction of sp³-hybridized carbons (Fsp3) is 0.939. The van der Waals surface area contributed by atoms with E-state index in [0.29, 0.717) is 32.4 Å². The monoisotopic (exact) mass is 806 g/mol. The summed E-state index contributed by atoms with van der Waals surface area (Å²) < 4.78 is 0. The molecular formula is C49H99N5O3. The molecule has 0 atom stereocenters. The van der Waals surface area contributed by atoms with E-state index in [4.69, 9.17) is 0 Å². The summed E-state index contributed by atoms with van der Waals surface area (Å²) in [5.74, 6) is 0.347. The molecule has 338 valence electrons. The summed E-state index contributed by atoms with van der Waals surface area (Å²) in [5.41, 5.74) is 0.